The van der Waals surface area contributed by atoms with E-state index in [1.165, 1.54) is 0 Å². The molecule has 4 aromatic rings. The van der Waals surface area contributed by atoms with Gasteiger partial charge in [-0.1, -0.05) is 67.6 Å². The van der Waals surface area contributed by atoms with Crippen molar-refractivity contribution < 1.29 is 8.31 Å². The summed E-state index contributed by atoms with van der Waals surface area (Å²) < 4.78 is 12.7. The first-order chi connectivity index (χ1) is 13.3. The first kappa shape index (κ1) is 17.5. The molecule has 0 aliphatic heterocycles. The van der Waals surface area contributed by atoms with Gasteiger partial charge in [-0.15, -0.1) is 0 Å². The molecule has 132 valence electrons. The third kappa shape index (κ3) is 3.40. The fraction of sp³-hybridized carbons (Fsp3) is 0.150. The molecule has 0 saturated heterocycles. The summed E-state index contributed by atoms with van der Waals surface area (Å²) in [6.07, 6.45) is 1.66. The second kappa shape index (κ2) is 7.79. The van der Waals surface area contributed by atoms with Gasteiger partial charge in [0.25, 0.3) is 12.0 Å². The third-order valence-corrected chi connectivity index (χ3v) is 4.38. The van der Waals surface area contributed by atoms with Crippen LogP contribution < -0.4 is 3.79 Å². The van der Waals surface area contributed by atoms with Crippen molar-refractivity contribution in [1.29, 1.82) is 0 Å². The van der Waals surface area contributed by atoms with Crippen LogP contribution in [0.25, 0.3) is 28.5 Å². The average Bonchev–Trinajstić information content (AvgIpc) is 3.33. The van der Waals surface area contributed by atoms with Gasteiger partial charge in [0, 0.05) is 17.5 Å². The average molecular weight is 372 g/mol. The van der Waals surface area contributed by atoms with Gasteiger partial charge in [0.05, 0.1) is 5.69 Å². The van der Waals surface area contributed by atoms with Gasteiger partial charge in [0.15, 0.2) is 0 Å². The van der Waals surface area contributed by atoms with E-state index in [0.29, 0.717) is 17.8 Å². The summed E-state index contributed by atoms with van der Waals surface area (Å²) in [4.78, 5) is 9.23. The Kier molecular flexibility index (Phi) is 5.06. The Balaban J connectivity index is 1.97. The molecule has 0 aliphatic rings. The number of nitrogens with zero attached hydrogens (tertiary/aromatic N) is 4. The zero-order valence-corrected chi connectivity index (χ0v) is 16.0. The Morgan fingerprint density at radius 3 is 2.26 bits per heavy atom. The Hall–Kier alpha value is -2.88. The molecule has 27 heavy (non-hydrogen) atoms. The summed E-state index contributed by atoms with van der Waals surface area (Å²) >= 11 is 2.25. The third-order valence-electron chi connectivity index (χ3n) is 4.17. The topological polar surface area (TPSA) is 66.0 Å². The molecule has 2 radical (unpaired) electrons. The Bertz CT molecular complexity index is 1030. The monoisotopic (exact) mass is 372 g/mol. The SMILES string of the molecule is CCCc1nc(-n2c([O][Al])nc(-c3ccccc3)c2-c2ccccc2)no1. The van der Waals surface area contributed by atoms with E-state index in [9.17, 15) is 0 Å². The zero-order chi connectivity index (χ0) is 18.6. The lowest BCUT2D eigenvalue weighted by Crippen LogP contribution is -2.03. The first-order valence-corrected chi connectivity index (χ1v) is 9.22. The lowest BCUT2D eigenvalue weighted by molar-refractivity contribution is 0.374. The van der Waals surface area contributed by atoms with E-state index in [4.69, 9.17) is 13.3 Å². The Labute approximate surface area is 165 Å². The fourth-order valence-electron chi connectivity index (χ4n) is 2.98. The molecule has 0 atom stereocenters. The summed E-state index contributed by atoms with van der Waals surface area (Å²) in [6.45, 7) is 2.07. The van der Waals surface area contributed by atoms with Crippen LogP contribution in [0, 0.1) is 0 Å². The van der Waals surface area contributed by atoms with Crippen LogP contribution in [0.5, 0.6) is 6.01 Å². The van der Waals surface area contributed by atoms with Crippen LogP contribution in [-0.2, 0) is 6.42 Å². The molecule has 7 heteroatoms. The molecular formula is C20H17AlN4O2. The van der Waals surface area contributed by atoms with E-state index >= 15 is 0 Å². The van der Waals surface area contributed by atoms with Crippen molar-refractivity contribution in [3.63, 3.8) is 0 Å². The molecular weight excluding hydrogens is 355 g/mol. The molecule has 0 unspecified atom stereocenters. The quantitative estimate of drug-likeness (QED) is 0.479. The molecule has 2 heterocycles. The molecule has 0 bridgehead atoms. The Morgan fingerprint density at radius 1 is 0.963 bits per heavy atom. The van der Waals surface area contributed by atoms with Gasteiger partial charge in [-0.25, -0.2) is 4.57 Å². The van der Waals surface area contributed by atoms with Gasteiger partial charge in [0.2, 0.25) is 5.89 Å². The summed E-state index contributed by atoms with van der Waals surface area (Å²) in [5.74, 6) is 1.00. The van der Waals surface area contributed by atoms with E-state index in [2.05, 4.69) is 33.7 Å². The lowest BCUT2D eigenvalue weighted by atomic mass is 10.0. The lowest BCUT2D eigenvalue weighted by Gasteiger charge is -2.09. The van der Waals surface area contributed by atoms with Gasteiger partial charge in [-0.05, 0) is 11.6 Å². The molecule has 4 rings (SSSR count). The number of hydrogen-bond acceptors (Lipinski definition) is 5. The fourth-order valence-corrected chi connectivity index (χ4v) is 3.13. The van der Waals surface area contributed by atoms with Crippen LogP contribution in [0.15, 0.2) is 65.2 Å². The van der Waals surface area contributed by atoms with E-state index < -0.39 is 0 Å². The maximum atomic E-state index is 5.48. The van der Waals surface area contributed by atoms with Crippen molar-refractivity contribution in [3.8, 4) is 34.5 Å². The van der Waals surface area contributed by atoms with Crippen molar-refractivity contribution in [2.24, 2.45) is 0 Å². The molecule has 6 nitrogen and oxygen atoms in total. The number of rotatable bonds is 6. The smallest absolute Gasteiger partial charge is 0.485 e. The minimum atomic E-state index is 0.376. The minimum Gasteiger partial charge on any atom is -0.627 e. The number of hydrogen-bond donors (Lipinski definition) is 0. The van der Waals surface area contributed by atoms with Crippen LogP contribution in [0.1, 0.15) is 19.2 Å². The van der Waals surface area contributed by atoms with Crippen LogP contribution in [0.3, 0.4) is 0 Å². The second-order valence-corrected chi connectivity index (χ2v) is 6.25. The minimum absolute atomic E-state index is 0.376. The molecule has 0 saturated carbocycles. The number of benzene rings is 2. The van der Waals surface area contributed by atoms with Crippen molar-refractivity contribution in [3.05, 3.63) is 66.6 Å². The number of aryl methyl sites for hydroxylation is 1. The van der Waals surface area contributed by atoms with Crippen molar-refractivity contribution >= 4 is 16.6 Å². The normalized spacial score (nSPS) is 10.9. The molecule has 2 aromatic heterocycles. The molecule has 0 aliphatic carbocycles. The number of aromatic nitrogens is 4. The van der Waals surface area contributed by atoms with Crippen molar-refractivity contribution in [1.82, 2.24) is 19.7 Å². The summed E-state index contributed by atoms with van der Waals surface area (Å²) in [5.41, 5.74) is 3.61. The standard InChI is InChI=1S/C20H18N4O2.Al/c1-2-9-16-21-19(23-26-16)24-18(15-12-7-4-8-13-15)17(22-20(24)25)14-10-5-3-6-11-14;/h3-8,10-13H,2,9H2,1H3,(H,22,25);/q;+1/p-1. The van der Waals surface area contributed by atoms with Gasteiger partial charge in [-0.2, -0.15) is 9.97 Å². The summed E-state index contributed by atoms with van der Waals surface area (Å²) in [6, 6.07) is 20.4. The van der Waals surface area contributed by atoms with E-state index in [0.717, 1.165) is 35.4 Å². The van der Waals surface area contributed by atoms with Gasteiger partial charge in [-0.3, -0.25) is 0 Å². The number of imidazole rings is 1. The van der Waals surface area contributed by atoms with E-state index in [-0.39, 0.29) is 0 Å². The molecule has 0 spiro atoms. The largest absolute Gasteiger partial charge is 0.627 e. The van der Waals surface area contributed by atoms with Gasteiger partial charge >= 0.3 is 16.6 Å². The van der Waals surface area contributed by atoms with Gasteiger partial charge in [0.1, 0.15) is 5.69 Å². The maximum Gasteiger partial charge on any atom is 0.485 e. The molecule has 2 aromatic carbocycles. The zero-order valence-electron chi connectivity index (χ0n) is 14.9. The summed E-state index contributed by atoms with van der Waals surface area (Å²) in [5, 5.41) is 4.15. The van der Waals surface area contributed by atoms with Crippen molar-refractivity contribution in [2.45, 2.75) is 19.8 Å². The molecule has 0 fully saturated rings. The van der Waals surface area contributed by atoms with Crippen LogP contribution in [-0.4, -0.2) is 36.3 Å². The Morgan fingerprint density at radius 2 is 1.63 bits per heavy atom. The summed E-state index contributed by atoms with van der Waals surface area (Å²) in [7, 11) is 0. The maximum absolute atomic E-state index is 5.48. The van der Waals surface area contributed by atoms with Crippen LogP contribution in [0.2, 0.25) is 0 Å². The van der Waals surface area contributed by atoms with Crippen LogP contribution in [0.4, 0.5) is 0 Å². The highest BCUT2D eigenvalue weighted by atomic mass is 27.1. The van der Waals surface area contributed by atoms with Crippen LogP contribution >= 0.6 is 0 Å². The van der Waals surface area contributed by atoms with E-state index in [1.54, 1.807) is 4.57 Å². The molecule has 0 amide bonds. The highest BCUT2D eigenvalue weighted by Gasteiger charge is 2.24. The van der Waals surface area contributed by atoms with Gasteiger partial charge < -0.3 is 8.31 Å². The predicted octanol–water partition coefficient (Wildman–Crippen LogP) is 4.00. The highest BCUT2D eigenvalue weighted by Crippen LogP contribution is 2.36. The highest BCUT2D eigenvalue weighted by molar-refractivity contribution is 6.00. The molecule has 0 N–H and O–H groups in total. The predicted molar refractivity (Wildman–Crippen MR) is 103 cm³/mol. The first-order valence-electron chi connectivity index (χ1n) is 8.75. The van der Waals surface area contributed by atoms with Crippen molar-refractivity contribution in [2.75, 3.05) is 0 Å². The second-order valence-electron chi connectivity index (χ2n) is 6.02. The van der Waals surface area contributed by atoms with E-state index in [1.807, 2.05) is 60.7 Å².